The van der Waals surface area contributed by atoms with Crippen LogP contribution >= 0.6 is 23.2 Å². The Bertz CT molecular complexity index is 514. The van der Waals surface area contributed by atoms with Crippen LogP contribution in [0.25, 0.3) is 0 Å². The Labute approximate surface area is 128 Å². The molecule has 20 heavy (non-hydrogen) atoms. The summed E-state index contributed by atoms with van der Waals surface area (Å²) in [7, 11) is 0. The van der Waals surface area contributed by atoms with Crippen molar-refractivity contribution in [1.82, 2.24) is 5.32 Å². The molecule has 0 bridgehead atoms. The lowest BCUT2D eigenvalue weighted by Crippen LogP contribution is -2.39. The molecule has 2 rings (SSSR count). The van der Waals surface area contributed by atoms with Gasteiger partial charge in [-0.05, 0) is 31.4 Å². The van der Waals surface area contributed by atoms with E-state index in [2.05, 4.69) is 10.6 Å². The lowest BCUT2D eigenvalue weighted by Gasteiger charge is -2.23. The number of rotatable bonds is 2. The number of carbonyl (C=O) groups excluding carboxylic acids is 1. The standard InChI is InChI=1S/C14H18Cl2N2O2/c1-8-10(15)7-11(13(19)12(8)16)18-14(20)17-9-5-3-2-4-6-9/h7,9,19H,2-6H2,1H3,(H2,17,18,20). The molecule has 0 spiro atoms. The van der Waals surface area contributed by atoms with E-state index >= 15 is 0 Å². The number of benzene rings is 1. The van der Waals surface area contributed by atoms with Crippen molar-refractivity contribution in [3.8, 4) is 5.75 Å². The molecule has 1 aliphatic rings. The zero-order valence-electron chi connectivity index (χ0n) is 11.3. The molecule has 0 saturated heterocycles. The molecular weight excluding hydrogens is 299 g/mol. The topological polar surface area (TPSA) is 61.4 Å². The van der Waals surface area contributed by atoms with E-state index in [1.165, 1.54) is 12.5 Å². The number of phenolic OH excluding ortho intramolecular Hbond substituents is 1. The number of amides is 2. The van der Waals surface area contributed by atoms with Crippen LogP contribution in [0.2, 0.25) is 10.0 Å². The summed E-state index contributed by atoms with van der Waals surface area (Å²) in [6.07, 6.45) is 5.49. The lowest BCUT2D eigenvalue weighted by molar-refractivity contribution is 0.244. The Morgan fingerprint density at radius 3 is 2.60 bits per heavy atom. The highest BCUT2D eigenvalue weighted by Crippen LogP contribution is 2.38. The zero-order chi connectivity index (χ0) is 14.7. The Hall–Kier alpha value is -1.13. The maximum atomic E-state index is 11.9. The minimum absolute atomic E-state index is 0.158. The van der Waals surface area contributed by atoms with Gasteiger partial charge in [-0.2, -0.15) is 0 Å². The van der Waals surface area contributed by atoms with E-state index in [9.17, 15) is 9.90 Å². The van der Waals surface area contributed by atoms with Gasteiger partial charge in [0.1, 0.15) is 0 Å². The molecule has 1 aromatic rings. The fraction of sp³-hybridized carbons (Fsp3) is 0.500. The third kappa shape index (κ3) is 3.49. The number of hydrogen-bond donors (Lipinski definition) is 3. The van der Waals surface area contributed by atoms with E-state index in [-0.39, 0.29) is 28.5 Å². The van der Waals surface area contributed by atoms with Gasteiger partial charge in [-0.25, -0.2) is 4.79 Å². The minimum atomic E-state index is -0.344. The summed E-state index contributed by atoms with van der Waals surface area (Å²) < 4.78 is 0. The average molecular weight is 317 g/mol. The Morgan fingerprint density at radius 1 is 1.30 bits per heavy atom. The Kier molecular flexibility index (Phi) is 5.00. The molecule has 0 aliphatic heterocycles. The van der Waals surface area contributed by atoms with Crippen molar-refractivity contribution in [2.75, 3.05) is 5.32 Å². The summed E-state index contributed by atoms with van der Waals surface area (Å²) in [4.78, 5) is 11.9. The zero-order valence-corrected chi connectivity index (χ0v) is 12.8. The normalized spacial score (nSPS) is 15.9. The summed E-state index contributed by atoms with van der Waals surface area (Å²) >= 11 is 12.0. The molecule has 1 aromatic carbocycles. The maximum absolute atomic E-state index is 11.9. The van der Waals surface area contributed by atoms with Gasteiger partial charge in [-0.3, -0.25) is 0 Å². The summed E-state index contributed by atoms with van der Waals surface area (Å²) in [5, 5.41) is 16.0. The van der Waals surface area contributed by atoms with Crippen LogP contribution in [0.4, 0.5) is 10.5 Å². The first-order valence-electron chi connectivity index (χ1n) is 6.74. The Balaban J connectivity index is 2.04. The molecule has 3 N–H and O–H groups in total. The second-order valence-electron chi connectivity index (χ2n) is 5.13. The number of aromatic hydroxyl groups is 1. The lowest BCUT2D eigenvalue weighted by atomic mass is 9.96. The number of nitrogens with one attached hydrogen (secondary N) is 2. The van der Waals surface area contributed by atoms with Crippen LogP contribution in [0.5, 0.6) is 5.75 Å². The molecule has 1 saturated carbocycles. The molecule has 1 aliphatic carbocycles. The summed E-state index contributed by atoms with van der Waals surface area (Å²) in [5.41, 5.74) is 0.808. The molecular formula is C14H18Cl2N2O2. The van der Waals surface area contributed by atoms with Crippen LogP contribution in [0.3, 0.4) is 0 Å². The van der Waals surface area contributed by atoms with Crippen LogP contribution in [0.15, 0.2) is 6.07 Å². The largest absolute Gasteiger partial charge is 0.504 e. The SMILES string of the molecule is Cc1c(Cl)cc(NC(=O)NC2CCCCC2)c(O)c1Cl. The summed E-state index contributed by atoms with van der Waals surface area (Å²) in [6.45, 7) is 1.70. The van der Waals surface area contributed by atoms with Gasteiger partial charge in [0, 0.05) is 11.1 Å². The number of urea groups is 1. The van der Waals surface area contributed by atoms with Gasteiger partial charge in [0.25, 0.3) is 0 Å². The van der Waals surface area contributed by atoms with Crippen molar-refractivity contribution in [1.29, 1.82) is 0 Å². The molecule has 0 aromatic heterocycles. The molecule has 0 unspecified atom stereocenters. The van der Waals surface area contributed by atoms with Crippen molar-refractivity contribution in [3.63, 3.8) is 0 Å². The van der Waals surface area contributed by atoms with Crippen LogP contribution in [0, 0.1) is 6.92 Å². The fourth-order valence-electron chi connectivity index (χ4n) is 2.39. The second-order valence-corrected chi connectivity index (χ2v) is 5.91. The first-order valence-corrected chi connectivity index (χ1v) is 7.49. The third-order valence-electron chi connectivity index (χ3n) is 3.61. The van der Waals surface area contributed by atoms with Crippen molar-refractivity contribution in [2.24, 2.45) is 0 Å². The van der Waals surface area contributed by atoms with Gasteiger partial charge in [0.05, 0.1) is 10.7 Å². The van der Waals surface area contributed by atoms with Gasteiger partial charge >= 0.3 is 6.03 Å². The number of carbonyl (C=O) groups is 1. The van der Waals surface area contributed by atoms with Gasteiger partial charge in [0.15, 0.2) is 5.75 Å². The Morgan fingerprint density at radius 2 is 1.95 bits per heavy atom. The number of halogens is 2. The third-order valence-corrected chi connectivity index (χ3v) is 4.47. The van der Waals surface area contributed by atoms with Crippen LogP contribution < -0.4 is 10.6 Å². The van der Waals surface area contributed by atoms with Crippen molar-refractivity contribution in [3.05, 3.63) is 21.7 Å². The summed E-state index contributed by atoms with van der Waals surface area (Å²) in [5.74, 6) is -0.160. The minimum Gasteiger partial charge on any atom is -0.504 e. The average Bonchev–Trinajstić information content (AvgIpc) is 2.43. The van der Waals surface area contributed by atoms with Crippen LogP contribution in [0.1, 0.15) is 37.7 Å². The first kappa shape index (κ1) is 15.3. The van der Waals surface area contributed by atoms with E-state index in [0.29, 0.717) is 10.6 Å². The second kappa shape index (κ2) is 6.55. The highest BCUT2D eigenvalue weighted by Gasteiger charge is 2.18. The van der Waals surface area contributed by atoms with E-state index in [1.54, 1.807) is 6.92 Å². The smallest absolute Gasteiger partial charge is 0.319 e. The first-order chi connectivity index (χ1) is 9.49. The monoisotopic (exact) mass is 316 g/mol. The van der Waals surface area contributed by atoms with E-state index < -0.39 is 0 Å². The predicted octanol–water partition coefficient (Wildman–Crippen LogP) is 4.46. The van der Waals surface area contributed by atoms with Crippen molar-refractivity contribution < 1.29 is 9.90 Å². The van der Waals surface area contributed by atoms with Gasteiger partial charge < -0.3 is 15.7 Å². The predicted molar refractivity (Wildman–Crippen MR) is 81.9 cm³/mol. The molecule has 0 atom stereocenters. The van der Waals surface area contributed by atoms with Gasteiger partial charge in [0.2, 0.25) is 0 Å². The van der Waals surface area contributed by atoms with Crippen molar-refractivity contribution in [2.45, 2.75) is 45.1 Å². The number of anilines is 1. The van der Waals surface area contributed by atoms with E-state index in [4.69, 9.17) is 23.2 Å². The maximum Gasteiger partial charge on any atom is 0.319 e. The molecule has 6 heteroatoms. The van der Waals surface area contributed by atoms with Crippen LogP contribution in [-0.2, 0) is 0 Å². The fourth-order valence-corrected chi connectivity index (χ4v) is 2.85. The molecule has 4 nitrogen and oxygen atoms in total. The quantitative estimate of drug-likeness (QED) is 0.705. The highest BCUT2D eigenvalue weighted by atomic mass is 35.5. The highest BCUT2D eigenvalue weighted by molar-refractivity contribution is 6.37. The van der Waals surface area contributed by atoms with Gasteiger partial charge in [-0.1, -0.05) is 42.5 Å². The van der Waals surface area contributed by atoms with Crippen LogP contribution in [-0.4, -0.2) is 17.2 Å². The van der Waals surface area contributed by atoms with Crippen molar-refractivity contribution >= 4 is 34.9 Å². The molecule has 1 fully saturated rings. The number of phenols is 1. The molecule has 2 amide bonds. The molecule has 110 valence electrons. The molecule has 0 radical (unpaired) electrons. The van der Waals surface area contributed by atoms with E-state index in [0.717, 1.165) is 25.7 Å². The number of hydrogen-bond acceptors (Lipinski definition) is 2. The van der Waals surface area contributed by atoms with E-state index in [1.807, 2.05) is 0 Å². The van der Waals surface area contributed by atoms with Gasteiger partial charge in [-0.15, -0.1) is 0 Å². The summed E-state index contributed by atoms with van der Waals surface area (Å²) in [6, 6.07) is 1.35. The molecule has 0 heterocycles.